The second-order valence-corrected chi connectivity index (χ2v) is 10.7. The largest absolute Gasteiger partial charge is 0.464 e. The third-order valence-corrected chi connectivity index (χ3v) is 7.61. The molecule has 1 aromatic heterocycles. The van der Waals surface area contributed by atoms with E-state index < -0.39 is 10.0 Å². The molecule has 0 unspecified atom stereocenters. The molecule has 4 rings (SSSR count). The van der Waals surface area contributed by atoms with Crippen LogP contribution in [-0.4, -0.2) is 25.7 Å². The van der Waals surface area contributed by atoms with Crippen LogP contribution in [0.5, 0.6) is 0 Å². The van der Waals surface area contributed by atoms with Crippen LogP contribution in [0.1, 0.15) is 36.5 Å². The van der Waals surface area contributed by atoms with Crippen molar-refractivity contribution in [2.45, 2.75) is 37.6 Å². The highest BCUT2D eigenvalue weighted by Gasteiger charge is 2.21. The van der Waals surface area contributed by atoms with Crippen LogP contribution in [0.2, 0.25) is 0 Å². The summed E-state index contributed by atoms with van der Waals surface area (Å²) in [6.07, 6.45) is 1.78. The van der Waals surface area contributed by atoms with E-state index in [1.54, 1.807) is 25.4 Å². The van der Waals surface area contributed by atoms with Crippen LogP contribution in [0.15, 0.2) is 88.4 Å². The quantitative estimate of drug-likeness (QED) is 0.361. The number of sulfonamides is 1. The molecule has 176 valence electrons. The summed E-state index contributed by atoms with van der Waals surface area (Å²) in [6.45, 7) is 4.52. The maximum absolute atomic E-state index is 12.9. The van der Waals surface area contributed by atoms with Gasteiger partial charge in [0.15, 0.2) is 0 Å². The van der Waals surface area contributed by atoms with Crippen molar-refractivity contribution in [1.29, 1.82) is 0 Å². The van der Waals surface area contributed by atoms with Crippen LogP contribution < -0.4 is 5.32 Å². The number of hydrogen-bond acceptors (Lipinski definition) is 4. The predicted octanol–water partition coefficient (Wildman–Crippen LogP) is 5.56. The first-order chi connectivity index (χ1) is 16.2. The first kappa shape index (κ1) is 23.7. The Morgan fingerprint density at radius 3 is 2.38 bits per heavy atom. The van der Waals surface area contributed by atoms with Crippen LogP contribution in [0.25, 0.3) is 11.0 Å². The zero-order valence-electron chi connectivity index (χ0n) is 19.5. The van der Waals surface area contributed by atoms with Gasteiger partial charge in [-0.15, -0.1) is 0 Å². The molecule has 7 heteroatoms. The van der Waals surface area contributed by atoms with Gasteiger partial charge < -0.3 is 9.73 Å². The molecule has 0 spiro atoms. The average Bonchev–Trinajstić information content (AvgIpc) is 3.21. The normalized spacial score (nSPS) is 11.9. The molecule has 1 amide bonds. The van der Waals surface area contributed by atoms with E-state index >= 15 is 0 Å². The first-order valence-corrected chi connectivity index (χ1v) is 12.6. The second kappa shape index (κ2) is 9.83. The number of nitrogens with zero attached hydrogens (tertiary/aromatic N) is 1. The van der Waals surface area contributed by atoms with Crippen molar-refractivity contribution in [3.63, 3.8) is 0 Å². The minimum absolute atomic E-state index is 0.161. The Hall–Kier alpha value is -3.42. The van der Waals surface area contributed by atoms with Gasteiger partial charge in [0.2, 0.25) is 15.9 Å². The third-order valence-electron chi connectivity index (χ3n) is 5.79. The molecular weight excluding hydrogens is 448 g/mol. The van der Waals surface area contributed by atoms with E-state index in [0.29, 0.717) is 11.6 Å². The number of carbonyl (C=O) groups is 1. The Morgan fingerprint density at radius 1 is 1.00 bits per heavy atom. The fourth-order valence-corrected chi connectivity index (χ4v) is 4.95. The van der Waals surface area contributed by atoms with Crippen LogP contribution in [0.3, 0.4) is 0 Å². The maximum atomic E-state index is 12.9. The SMILES string of the molecule is CC(C)c1ccc2occ(CC(=O)Nc3ccc(S(=O)(=O)N(C)Cc4ccccc4)cc3)c2c1. The van der Waals surface area contributed by atoms with E-state index in [1.807, 2.05) is 42.5 Å². The molecule has 0 saturated carbocycles. The van der Waals surface area contributed by atoms with Crippen molar-refractivity contribution in [2.75, 3.05) is 12.4 Å². The van der Waals surface area contributed by atoms with Crippen LogP contribution in [0.4, 0.5) is 5.69 Å². The minimum Gasteiger partial charge on any atom is -0.464 e. The van der Waals surface area contributed by atoms with Gasteiger partial charge in [0, 0.05) is 30.2 Å². The summed E-state index contributed by atoms with van der Waals surface area (Å²) in [4.78, 5) is 12.8. The lowest BCUT2D eigenvalue weighted by atomic mass is 10.00. The van der Waals surface area contributed by atoms with Gasteiger partial charge in [0.25, 0.3) is 0 Å². The van der Waals surface area contributed by atoms with E-state index in [2.05, 4.69) is 25.2 Å². The van der Waals surface area contributed by atoms with Gasteiger partial charge in [-0.25, -0.2) is 8.42 Å². The zero-order chi connectivity index (χ0) is 24.3. The number of nitrogens with one attached hydrogen (secondary N) is 1. The highest BCUT2D eigenvalue weighted by Crippen LogP contribution is 2.26. The smallest absolute Gasteiger partial charge is 0.243 e. The number of carbonyl (C=O) groups excluding carboxylic acids is 1. The molecule has 0 saturated heterocycles. The number of hydrogen-bond donors (Lipinski definition) is 1. The molecule has 0 aliphatic heterocycles. The summed E-state index contributed by atoms with van der Waals surface area (Å²) >= 11 is 0. The molecule has 0 atom stereocenters. The molecule has 3 aromatic carbocycles. The van der Waals surface area contributed by atoms with Crippen molar-refractivity contribution in [1.82, 2.24) is 4.31 Å². The minimum atomic E-state index is -3.65. The highest BCUT2D eigenvalue weighted by atomic mass is 32.2. The Labute approximate surface area is 200 Å². The van der Waals surface area contributed by atoms with Crippen molar-refractivity contribution in [2.24, 2.45) is 0 Å². The molecule has 0 aliphatic carbocycles. The summed E-state index contributed by atoms with van der Waals surface area (Å²) in [5, 5.41) is 3.78. The Balaban J connectivity index is 1.43. The monoisotopic (exact) mass is 476 g/mol. The lowest BCUT2D eigenvalue weighted by molar-refractivity contribution is -0.115. The molecule has 1 heterocycles. The van der Waals surface area contributed by atoms with Gasteiger partial charge in [-0.2, -0.15) is 4.31 Å². The van der Waals surface area contributed by atoms with Gasteiger partial charge in [0.1, 0.15) is 5.58 Å². The van der Waals surface area contributed by atoms with E-state index in [-0.39, 0.29) is 23.8 Å². The number of rotatable bonds is 8. The molecule has 34 heavy (non-hydrogen) atoms. The van der Waals surface area contributed by atoms with Crippen LogP contribution in [-0.2, 0) is 27.8 Å². The number of anilines is 1. The van der Waals surface area contributed by atoms with Crippen LogP contribution in [0, 0.1) is 0 Å². The summed E-state index contributed by atoms with van der Waals surface area (Å²) in [5.41, 5.74) is 4.19. The summed E-state index contributed by atoms with van der Waals surface area (Å²) in [5.74, 6) is 0.178. The zero-order valence-corrected chi connectivity index (χ0v) is 20.3. The molecule has 4 aromatic rings. The molecular formula is C27H28N2O4S. The van der Waals surface area contributed by atoms with Crippen molar-refractivity contribution in [3.8, 4) is 0 Å². The summed E-state index contributed by atoms with van der Waals surface area (Å²) in [6, 6.07) is 21.7. The summed E-state index contributed by atoms with van der Waals surface area (Å²) in [7, 11) is -2.10. The van der Waals surface area contributed by atoms with Gasteiger partial charge in [-0.1, -0.05) is 50.2 Å². The number of amides is 1. The van der Waals surface area contributed by atoms with Gasteiger partial charge in [0.05, 0.1) is 17.6 Å². The molecule has 0 bridgehead atoms. The Morgan fingerprint density at radius 2 is 1.71 bits per heavy atom. The second-order valence-electron chi connectivity index (χ2n) is 8.67. The van der Waals surface area contributed by atoms with Crippen molar-refractivity contribution >= 4 is 32.6 Å². The average molecular weight is 477 g/mol. The van der Waals surface area contributed by atoms with Crippen molar-refractivity contribution < 1.29 is 17.6 Å². The van der Waals surface area contributed by atoms with Crippen LogP contribution >= 0.6 is 0 Å². The maximum Gasteiger partial charge on any atom is 0.243 e. The standard InChI is InChI=1S/C27H28N2O4S/c1-19(2)21-9-14-26-25(15-21)22(18-33-26)16-27(30)28-23-10-12-24(13-11-23)34(31,32)29(3)17-20-7-5-4-6-8-20/h4-15,18-19H,16-17H2,1-3H3,(H,28,30). The van der Waals surface area contributed by atoms with E-state index in [9.17, 15) is 13.2 Å². The third kappa shape index (κ3) is 5.21. The molecule has 0 radical (unpaired) electrons. The lowest BCUT2D eigenvalue weighted by Gasteiger charge is -2.17. The number of fused-ring (bicyclic) bond motifs is 1. The van der Waals surface area contributed by atoms with Gasteiger partial charge >= 0.3 is 0 Å². The topological polar surface area (TPSA) is 79.6 Å². The number of benzene rings is 3. The van der Waals surface area contributed by atoms with E-state index in [4.69, 9.17) is 4.42 Å². The summed E-state index contributed by atoms with van der Waals surface area (Å²) < 4.78 is 32.7. The fraction of sp³-hybridized carbons (Fsp3) is 0.222. The predicted molar refractivity (Wildman–Crippen MR) is 134 cm³/mol. The molecule has 0 aliphatic rings. The highest BCUT2D eigenvalue weighted by molar-refractivity contribution is 7.89. The van der Waals surface area contributed by atoms with E-state index in [1.165, 1.54) is 22.0 Å². The lowest BCUT2D eigenvalue weighted by Crippen LogP contribution is -2.26. The van der Waals surface area contributed by atoms with Gasteiger partial charge in [-0.05, 0) is 53.4 Å². The van der Waals surface area contributed by atoms with Crippen molar-refractivity contribution in [3.05, 3.63) is 95.7 Å². The molecule has 0 fully saturated rings. The Kier molecular flexibility index (Phi) is 6.86. The van der Waals surface area contributed by atoms with Gasteiger partial charge in [-0.3, -0.25) is 4.79 Å². The molecule has 1 N–H and O–H groups in total. The Bertz CT molecular complexity index is 1390. The fourth-order valence-electron chi connectivity index (χ4n) is 3.79. The number of furan rings is 1. The first-order valence-electron chi connectivity index (χ1n) is 11.1. The molecule has 6 nitrogen and oxygen atoms in total. The van der Waals surface area contributed by atoms with E-state index in [0.717, 1.165) is 22.1 Å².